The smallest absolute Gasteiger partial charge is 0.227 e. The number of nitrogens with one attached hydrogen (secondary N) is 2. The molecular weight excluding hydrogens is 373 g/mol. The average Bonchev–Trinajstić information content (AvgIpc) is 3.24. The van der Waals surface area contributed by atoms with Crippen molar-refractivity contribution in [2.75, 3.05) is 29.9 Å². The number of hydrogen-bond donors (Lipinski definition) is 2. The van der Waals surface area contributed by atoms with E-state index >= 15 is 0 Å². The highest BCUT2D eigenvalue weighted by molar-refractivity contribution is 5.93. The first-order valence-corrected chi connectivity index (χ1v) is 9.93. The zero-order chi connectivity index (χ0) is 19.8. The summed E-state index contributed by atoms with van der Waals surface area (Å²) >= 11 is 0. The van der Waals surface area contributed by atoms with Gasteiger partial charge >= 0.3 is 0 Å². The number of anilines is 2. The molecule has 5 rings (SSSR count). The van der Waals surface area contributed by atoms with Crippen molar-refractivity contribution in [3.05, 3.63) is 47.5 Å². The normalized spacial score (nSPS) is 17.3. The zero-order valence-electron chi connectivity index (χ0n) is 15.9. The third-order valence-electron chi connectivity index (χ3n) is 5.80. The SMILES string of the molecule is O=C(Nc1ccc2c(c1F)CCNC2)C1CCN(c2ccc3nncn3n2)CC1. The lowest BCUT2D eigenvalue weighted by molar-refractivity contribution is -0.120. The van der Waals surface area contributed by atoms with E-state index in [1.807, 2.05) is 18.2 Å². The first-order chi connectivity index (χ1) is 14.2. The van der Waals surface area contributed by atoms with Gasteiger partial charge < -0.3 is 15.5 Å². The van der Waals surface area contributed by atoms with E-state index in [4.69, 9.17) is 0 Å². The Bertz CT molecular complexity index is 1060. The summed E-state index contributed by atoms with van der Waals surface area (Å²) in [6, 6.07) is 7.37. The molecule has 4 heterocycles. The number of fused-ring (bicyclic) bond motifs is 2. The molecule has 2 N–H and O–H groups in total. The fraction of sp³-hybridized carbons (Fsp3) is 0.400. The Kier molecular flexibility index (Phi) is 4.59. The standard InChI is InChI=1S/C20H22FN7O/c21-19-15-5-8-22-11-14(15)1-2-16(19)24-20(29)13-6-9-27(10-7-13)18-4-3-17-25-23-12-28(17)26-18/h1-4,12-13,22H,5-11H2,(H,24,29). The van der Waals surface area contributed by atoms with E-state index in [-0.39, 0.29) is 23.3 Å². The third kappa shape index (κ3) is 3.42. The van der Waals surface area contributed by atoms with Crippen molar-refractivity contribution in [1.82, 2.24) is 25.1 Å². The Balaban J connectivity index is 1.23. The Morgan fingerprint density at radius 2 is 2.07 bits per heavy atom. The monoisotopic (exact) mass is 395 g/mol. The summed E-state index contributed by atoms with van der Waals surface area (Å²) in [5.41, 5.74) is 2.67. The number of rotatable bonds is 3. The molecule has 2 aliphatic heterocycles. The fourth-order valence-corrected chi connectivity index (χ4v) is 4.12. The van der Waals surface area contributed by atoms with Gasteiger partial charge in [0.2, 0.25) is 5.91 Å². The number of piperidine rings is 1. The van der Waals surface area contributed by atoms with Gasteiger partial charge in [0, 0.05) is 25.6 Å². The van der Waals surface area contributed by atoms with Gasteiger partial charge in [-0.2, -0.15) is 4.52 Å². The molecule has 3 aromatic rings. The number of carbonyl (C=O) groups is 1. The second kappa shape index (κ2) is 7.40. The van der Waals surface area contributed by atoms with Crippen LogP contribution in [0.25, 0.3) is 5.65 Å². The number of hydrogen-bond acceptors (Lipinski definition) is 6. The van der Waals surface area contributed by atoms with Gasteiger partial charge in [-0.1, -0.05) is 6.07 Å². The van der Waals surface area contributed by atoms with E-state index in [1.165, 1.54) is 0 Å². The third-order valence-corrected chi connectivity index (χ3v) is 5.80. The van der Waals surface area contributed by atoms with Gasteiger partial charge in [0.25, 0.3) is 0 Å². The first-order valence-electron chi connectivity index (χ1n) is 9.93. The van der Waals surface area contributed by atoms with Crippen molar-refractivity contribution in [2.45, 2.75) is 25.8 Å². The molecule has 0 bridgehead atoms. The maximum atomic E-state index is 14.8. The van der Waals surface area contributed by atoms with E-state index < -0.39 is 0 Å². The quantitative estimate of drug-likeness (QED) is 0.703. The summed E-state index contributed by atoms with van der Waals surface area (Å²) in [6.07, 6.45) is 3.61. The molecule has 2 aliphatic rings. The Morgan fingerprint density at radius 1 is 1.21 bits per heavy atom. The predicted octanol–water partition coefficient (Wildman–Crippen LogP) is 1.76. The van der Waals surface area contributed by atoms with E-state index in [0.717, 1.165) is 31.0 Å². The second-order valence-corrected chi connectivity index (χ2v) is 7.57. The molecule has 1 aromatic carbocycles. The second-order valence-electron chi connectivity index (χ2n) is 7.57. The Hall–Kier alpha value is -3.07. The summed E-state index contributed by atoms with van der Waals surface area (Å²) in [5, 5.41) is 18.4. The molecule has 2 aromatic heterocycles. The van der Waals surface area contributed by atoms with E-state index in [1.54, 1.807) is 16.9 Å². The van der Waals surface area contributed by atoms with Crippen LogP contribution >= 0.6 is 0 Å². The number of nitrogens with zero attached hydrogens (tertiary/aromatic N) is 5. The minimum atomic E-state index is -0.291. The lowest BCUT2D eigenvalue weighted by Gasteiger charge is -2.32. The van der Waals surface area contributed by atoms with Crippen LogP contribution in [0.3, 0.4) is 0 Å². The van der Waals surface area contributed by atoms with Crippen molar-refractivity contribution >= 4 is 23.1 Å². The molecule has 0 saturated carbocycles. The molecule has 1 saturated heterocycles. The predicted molar refractivity (Wildman–Crippen MR) is 106 cm³/mol. The molecule has 1 fully saturated rings. The van der Waals surface area contributed by atoms with Crippen molar-refractivity contribution in [3.63, 3.8) is 0 Å². The Morgan fingerprint density at radius 3 is 2.93 bits per heavy atom. The molecule has 0 aliphatic carbocycles. The van der Waals surface area contributed by atoms with Crippen LogP contribution in [0.2, 0.25) is 0 Å². The summed E-state index contributed by atoms with van der Waals surface area (Å²) in [7, 11) is 0. The highest BCUT2D eigenvalue weighted by Crippen LogP contribution is 2.27. The molecule has 29 heavy (non-hydrogen) atoms. The first kappa shape index (κ1) is 18.0. The van der Waals surface area contributed by atoms with Crippen LogP contribution in [0.1, 0.15) is 24.0 Å². The number of amides is 1. The minimum Gasteiger partial charge on any atom is -0.355 e. The fourth-order valence-electron chi connectivity index (χ4n) is 4.12. The van der Waals surface area contributed by atoms with Crippen LogP contribution in [-0.2, 0) is 17.8 Å². The molecule has 1 amide bonds. The molecule has 0 radical (unpaired) electrons. The van der Waals surface area contributed by atoms with E-state index in [9.17, 15) is 9.18 Å². The van der Waals surface area contributed by atoms with Crippen LogP contribution in [0.15, 0.2) is 30.6 Å². The van der Waals surface area contributed by atoms with Crippen LogP contribution < -0.4 is 15.5 Å². The van der Waals surface area contributed by atoms with Gasteiger partial charge in [0.05, 0.1) is 5.69 Å². The molecule has 0 unspecified atom stereocenters. The van der Waals surface area contributed by atoms with Crippen molar-refractivity contribution < 1.29 is 9.18 Å². The summed E-state index contributed by atoms with van der Waals surface area (Å²) in [6.45, 7) is 2.87. The van der Waals surface area contributed by atoms with Crippen LogP contribution in [0.5, 0.6) is 0 Å². The van der Waals surface area contributed by atoms with Gasteiger partial charge in [0.15, 0.2) is 5.65 Å². The number of benzene rings is 1. The highest BCUT2D eigenvalue weighted by atomic mass is 19.1. The molecule has 150 valence electrons. The molecular formula is C20H22FN7O. The van der Waals surface area contributed by atoms with Crippen molar-refractivity contribution in [1.29, 1.82) is 0 Å². The Labute approximate surface area is 167 Å². The molecule has 9 heteroatoms. The lowest BCUT2D eigenvalue weighted by Crippen LogP contribution is -2.39. The number of carbonyl (C=O) groups excluding carboxylic acids is 1. The van der Waals surface area contributed by atoms with E-state index in [0.29, 0.717) is 37.0 Å². The van der Waals surface area contributed by atoms with Crippen LogP contribution in [0, 0.1) is 11.7 Å². The van der Waals surface area contributed by atoms with Crippen LogP contribution in [-0.4, -0.2) is 45.4 Å². The topological polar surface area (TPSA) is 87.5 Å². The molecule has 8 nitrogen and oxygen atoms in total. The van der Waals surface area contributed by atoms with Gasteiger partial charge in [-0.3, -0.25) is 4.79 Å². The average molecular weight is 395 g/mol. The van der Waals surface area contributed by atoms with Gasteiger partial charge in [-0.25, -0.2) is 4.39 Å². The molecule has 0 spiro atoms. The van der Waals surface area contributed by atoms with Gasteiger partial charge in [-0.15, -0.1) is 15.3 Å². The zero-order valence-corrected chi connectivity index (χ0v) is 15.9. The van der Waals surface area contributed by atoms with Gasteiger partial charge in [-0.05, 0) is 55.1 Å². The largest absolute Gasteiger partial charge is 0.355 e. The number of halogens is 1. The summed E-state index contributed by atoms with van der Waals surface area (Å²) < 4.78 is 16.4. The van der Waals surface area contributed by atoms with Gasteiger partial charge in [0.1, 0.15) is 18.0 Å². The van der Waals surface area contributed by atoms with Crippen molar-refractivity contribution in [2.24, 2.45) is 5.92 Å². The number of aromatic nitrogens is 4. The molecule has 0 atom stereocenters. The summed E-state index contributed by atoms with van der Waals surface area (Å²) in [4.78, 5) is 14.9. The van der Waals surface area contributed by atoms with Crippen LogP contribution in [0.4, 0.5) is 15.9 Å². The van der Waals surface area contributed by atoms with E-state index in [2.05, 4.69) is 30.8 Å². The maximum absolute atomic E-state index is 14.8. The minimum absolute atomic E-state index is 0.111. The van der Waals surface area contributed by atoms with Crippen molar-refractivity contribution in [3.8, 4) is 0 Å². The lowest BCUT2D eigenvalue weighted by atomic mass is 9.95. The summed E-state index contributed by atoms with van der Waals surface area (Å²) in [5.74, 6) is 0.299. The highest BCUT2D eigenvalue weighted by Gasteiger charge is 2.27. The maximum Gasteiger partial charge on any atom is 0.227 e.